The van der Waals surface area contributed by atoms with E-state index in [1.165, 1.54) is 12.8 Å². The van der Waals surface area contributed by atoms with E-state index in [9.17, 15) is 0 Å². The van der Waals surface area contributed by atoms with Crippen molar-refractivity contribution in [3.63, 3.8) is 0 Å². The van der Waals surface area contributed by atoms with Crippen LogP contribution in [0.2, 0.25) is 0 Å². The first-order chi connectivity index (χ1) is 6.09. The van der Waals surface area contributed by atoms with E-state index in [1.807, 2.05) is 18.7 Å². The van der Waals surface area contributed by atoms with Crippen molar-refractivity contribution in [3.8, 4) is 0 Å². The number of hydrogen-bond acceptors (Lipinski definition) is 3. The Hall–Kier alpha value is -0.900. The van der Waals surface area contributed by atoms with Crippen LogP contribution in [-0.4, -0.2) is 20.3 Å². The molecule has 0 radical (unpaired) electrons. The minimum atomic E-state index is 0.118. The highest BCUT2D eigenvalue weighted by atomic mass is 15.3. The number of aryl methyl sites for hydroxylation is 3. The smallest absolute Gasteiger partial charge is 0.150 e. The van der Waals surface area contributed by atoms with Crippen LogP contribution in [0.5, 0.6) is 0 Å². The molecule has 1 aliphatic rings. The van der Waals surface area contributed by atoms with Gasteiger partial charge in [0.15, 0.2) is 5.82 Å². The highest BCUT2D eigenvalue weighted by Gasteiger charge is 2.37. The van der Waals surface area contributed by atoms with Crippen molar-refractivity contribution in [2.24, 2.45) is 12.8 Å². The fraction of sp³-hybridized carbons (Fsp3) is 0.778. The minimum Gasteiger partial charge on any atom is -0.325 e. The number of aromatic nitrogens is 3. The molecule has 0 amide bonds. The van der Waals surface area contributed by atoms with Crippen LogP contribution in [0, 0.1) is 6.92 Å². The molecule has 0 bridgehead atoms. The Labute approximate surface area is 78.1 Å². The molecule has 1 aromatic rings. The van der Waals surface area contributed by atoms with Gasteiger partial charge in [-0.2, -0.15) is 5.10 Å². The first-order valence-corrected chi connectivity index (χ1v) is 4.74. The average Bonchev–Trinajstić information content (AvgIpc) is 2.72. The van der Waals surface area contributed by atoms with Crippen LogP contribution in [0.4, 0.5) is 0 Å². The van der Waals surface area contributed by atoms with Crippen LogP contribution < -0.4 is 5.73 Å². The fourth-order valence-corrected chi connectivity index (χ4v) is 1.40. The highest BCUT2D eigenvalue weighted by Crippen LogP contribution is 2.36. The van der Waals surface area contributed by atoms with Gasteiger partial charge in [0.2, 0.25) is 0 Å². The van der Waals surface area contributed by atoms with Gasteiger partial charge in [-0.15, -0.1) is 0 Å². The lowest BCUT2D eigenvalue weighted by atomic mass is 10.1. The molecule has 1 heterocycles. The van der Waals surface area contributed by atoms with Crippen molar-refractivity contribution < 1.29 is 0 Å². The molecule has 0 aliphatic heterocycles. The molecule has 4 nitrogen and oxygen atoms in total. The molecule has 13 heavy (non-hydrogen) atoms. The summed E-state index contributed by atoms with van der Waals surface area (Å²) in [6, 6.07) is 0. The lowest BCUT2D eigenvalue weighted by molar-refractivity contribution is 0.592. The number of hydrogen-bond donors (Lipinski definition) is 1. The molecule has 1 aliphatic carbocycles. The Morgan fingerprint density at radius 1 is 1.54 bits per heavy atom. The number of nitrogens with two attached hydrogens (primary N) is 1. The van der Waals surface area contributed by atoms with Gasteiger partial charge in [0.05, 0.1) is 0 Å². The SMILES string of the molecule is Cc1nc(CCC2(N)CC2)nn1C. The Balaban J connectivity index is 1.94. The predicted octanol–water partition coefficient (Wildman–Crippen LogP) is 0.547. The van der Waals surface area contributed by atoms with Crippen LogP contribution in [0.15, 0.2) is 0 Å². The molecule has 0 atom stereocenters. The van der Waals surface area contributed by atoms with Crippen LogP contribution in [0.3, 0.4) is 0 Å². The molecular formula is C9H16N4. The molecule has 72 valence electrons. The number of nitrogens with zero attached hydrogens (tertiary/aromatic N) is 3. The molecule has 0 aromatic carbocycles. The van der Waals surface area contributed by atoms with Crippen LogP contribution >= 0.6 is 0 Å². The maximum atomic E-state index is 5.98. The third-order valence-electron chi connectivity index (χ3n) is 2.76. The Bertz CT molecular complexity index is 292. The zero-order valence-electron chi connectivity index (χ0n) is 8.25. The summed E-state index contributed by atoms with van der Waals surface area (Å²) < 4.78 is 1.81. The van der Waals surface area contributed by atoms with Gasteiger partial charge < -0.3 is 5.73 Å². The van der Waals surface area contributed by atoms with E-state index in [2.05, 4.69) is 10.1 Å². The summed E-state index contributed by atoms with van der Waals surface area (Å²) in [5.41, 5.74) is 6.10. The average molecular weight is 180 g/mol. The van der Waals surface area contributed by atoms with E-state index in [1.54, 1.807) is 0 Å². The second kappa shape index (κ2) is 2.80. The van der Waals surface area contributed by atoms with E-state index >= 15 is 0 Å². The monoisotopic (exact) mass is 180 g/mol. The first kappa shape index (κ1) is 8.69. The molecule has 0 spiro atoms. The van der Waals surface area contributed by atoms with E-state index in [0.717, 1.165) is 24.5 Å². The van der Waals surface area contributed by atoms with Gasteiger partial charge in [0, 0.05) is 19.0 Å². The quantitative estimate of drug-likeness (QED) is 0.739. The summed E-state index contributed by atoms with van der Waals surface area (Å²) in [5.74, 6) is 1.90. The molecule has 4 heteroatoms. The van der Waals surface area contributed by atoms with Crippen LogP contribution in [0.25, 0.3) is 0 Å². The Morgan fingerprint density at radius 2 is 2.23 bits per heavy atom. The zero-order chi connectivity index (χ0) is 9.47. The summed E-state index contributed by atoms with van der Waals surface area (Å²) in [6.45, 7) is 1.96. The van der Waals surface area contributed by atoms with E-state index in [0.29, 0.717) is 0 Å². The van der Waals surface area contributed by atoms with E-state index in [4.69, 9.17) is 5.73 Å². The van der Waals surface area contributed by atoms with Crippen molar-refractivity contribution in [3.05, 3.63) is 11.6 Å². The van der Waals surface area contributed by atoms with Crippen molar-refractivity contribution in [1.29, 1.82) is 0 Å². The maximum Gasteiger partial charge on any atom is 0.150 e. The number of rotatable bonds is 3. The third-order valence-corrected chi connectivity index (χ3v) is 2.76. The summed E-state index contributed by atoms with van der Waals surface area (Å²) in [6.07, 6.45) is 4.27. The highest BCUT2D eigenvalue weighted by molar-refractivity contribution is 5.01. The summed E-state index contributed by atoms with van der Waals surface area (Å²) in [5, 5.41) is 4.29. The Morgan fingerprint density at radius 3 is 2.69 bits per heavy atom. The van der Waals surface area contributed by atoms with Gasteiger partial charge >= 0.3 is 0 Å². The second-order valence-electron chi connectivity index (χ2n) is 4.06. The van der Waals surface area contributed by atoms with Crippen molar-refractivity contribution in [1.82, 2.24) is 14.8 Å². The second-order valence-corrected chi connectivity index (χ2v) is 4.06. The summed E-state index contributed by atoms with van der Waals surface area (Å²) in [4.78, 5) is 4.34. The maximum absolute atomic E-state index is 5.98. The molecule has 2 rings (SSSR count). The lowest BCUT2D eigenvalue weighted by Crippen LogP contribution is -2.22. The molecular weight excluding hydrogens is 164 g/mol. The summed E-state index contributed by atoms with van der Waals surface area (Å²) in [7, 11) is 1.92. The van der Waals surface area contributed by atoms with Gasteiger partial charge in [-0.05, 0) is 26.2 Å². The zero-order valence-corrected chi connectivity index (χ0v) is 8.25. The topological polar surface area (TPSA) is 56.7 Å². The fourth-order valence-electron chi connectivity index (χ4n) is 1.40. The lowest BCUT2D eigenvalue weighted by Gasteiger charge is -2.04. The predicted molar refractivity (Wildman–Crippen MR) is 50.2 cm³/mol. The standard InChI is InChI=1S/C9H16N4/c1-7-11-8(12-13(7)2)3-4-9(10)5-6-9/h3-6,10H2,1-2H3. The van der Waals surface area contributed by atoms with Gasteiger partial charge in [0.25, 0.3) is 0 Å². The first-order valence-electron chi connectivity index (χ1n) is 4.74. The molecule has 0 unspecified atom stereocenters. The third kappa shape index (κ3) is 1.88. The van der Waals surface area contributed by atoms with E-state index < -0.39 is 0 Å². The van der Waals surface area contributed by atoms with Crippen molar-refractivity contribution in [2.75, 3.05) is 0 Å². The largest absolute Gasteiger partial charge is 0.325 e. The van der Waals surface area contributed by atoms with Crippen LogP contribution in [-0.2, 0) is 13.5 Å². The molecule has 2 N–H and O–H groups in total. The van der Waals surface area contributed by atoms with Gasteiger partial charge in [0.1, 0.15) is 5.82 Å². The van der Waals surface area contributed by atoms with Crippen molar-refractivity contribution >= 4 is 0 Å². The molecule has 0 saturated heterocycles. The summed E-state index contributed by atoms with van der Waals surface area (Å²) >= 11 is 0. The Kier molecular flexibility index (Phi) is 1.87. The molecule has 1 saturated carbocycles. The van der Waals surface area contributed by atoms with Gasteiger partial charge in [-0.3, -0.25) is 4.68 Å². The normalized spacial score (nSPS) is 19.0. The van der Waals surface area contributed by atoms with E-state index in [-0.39, 0.29) is 5.54 Å². The van der Waals surface area contributed by atoms with Gasteiger partial charge in [-0.1, -0.05) is 0 Å². The van der Waals surface area contributed by atoms with Gasteiger partial charge in [-0.25, -0.2) is 4.98 Å². The molecule has 1 fully saturated rings. The molecule has 1 aromatic heterocycles. The van der Waals surface area contributed by atoms with Crippen LogP contribution in [0.1, 0.15) is 30.9 Å². The minimum absolute atomic E-state index is 0.118. The van der Waals surface area contributed by atoms with Crippen molar-refractivity contribution in [2.45, 2.75) is 38.1 Å².